The number of carbonyl (C=O) groups excluding carboxylic acids is 1. The van der Waals surface area contributed by atoms with Crippen LogP contribution in [-0.2, 0) is 11.3 Å². The van der Waals surface area contributed by atoms with Gasteiger partial charge in [-0.1, -0.05) is 12.1 Å². The smallest absolute Gasteiger partial charge is 0.249 e. The molecule has 82 valence electrons. The molecule has 0 aliphatic carbocycles. The molecule has 2 heterocycles. The third-order valence-electron chi connectivity index (χ3n) is 3.29. The topological polar surface area (TPSA) is 44.7 Å². The maximum atomic E-state index is 11.5. The lowest BCUT2D eigenvalue weighted by molar-refractivity contribution is -0.121. The number of hydrogen-bond donors (Lipinski definition) is 1. The van der Waals surface area contributed by atoms with Gasteiger partial charge in [0.15, 0.2) is 0 Å². The van der Waals surface area contributed by atoms with Gasteiger partial charge in [-0.15, -0.1) is 0 Å². The Balaban J connectivity index is 2.11. The van der Waals surface area contributed by atoms with Gasteiger partial charge in [0.1, 0.15) is 6.04 Å². The van der Waals surface area contributed by atoms with E-state index in [-0.39, 0.29) is 11.9 Å². The van der Waals surface area contributed by atoms with E-state index in [0.29, 0.717) is 5.96 Å². The van der Waals surface area contributed by atoms with E-state index < -0.39 is 0 Å². The van der Waals surface area contributed by atoms with Gasteiger partial charge in [0.05, 0.1) is 5.69 Å². The third kappa shape index (κ3) is 1.16. The summed E-state index contributed by atoms with van der Waals surface area (Å²) in [6, 6.07) is 5.94. The number of carbonyl (C=O) groups is 1. The minimum absolute atomic E-state index is 0.0317. The summed E-state index contributed by atoms with van der Waals surface area (Å²) in [5.74, 6) is 0.722. The third-order valence-corrected chi connectivity index (χ3v) is 3.29. The van der Waals surface area contributed by atoms with Crippen molar-refractivity contribution in [3.05, 3.63) is 29.3 Å². The quantitative estimate of drug-likeness (QED) is 0.709. The highest BCUT2D eigenvalue weighted by Crippen LogP contribution is 2.30. The molecule has 1 aromatic rings. The summed E-state index contributed by atoms with van der Waals surface area (Å²) < 4.78 is 0. The Bertz CT molecular complexity index is 507. The van der Waals surface area contributed by atoms with Crippen molar-refractivity contribution in [2.45, 2.75) is 26.4 Å². The Kier molecular flexibility index (Phi) is 1.80. The second-order valence-electron chi connectivity index (χ2n) is 4.30. The highest BCUT2D eigenvalue weighted by Gasteiger charge is 2.36. The molecule has 1 amide bonds. The van der Waals surface area contributed by atoms with Gasteiger partial charge in [0.2, 0.25) is 11.9 Å². The number of rotatable bonds is 0. The fourth-order valence-electron chi connectivity index (χ4n) is 2.20. The number of hydrogen-bond acceptors (Lipinski definition) is 3. The van der Waals surface area contributed by atoms with Crippen LogP contribution in [0.5, 0.6) is 0 Å². The molecule has 0 spiro atoms. The molecule has 0 unspecified atom stereocenters. The van der Waals surface area contributed by atoms with E-state index >= 15 is 0 Å². The molecular formula is C12H13N3O. The summed E-state index contributed by atoms with van der Waals surface area (Å²) in [6.45, 7) is 4.75. The van der Waals surface area contributed by atoms with Crippen molar-refractivity contribution in [2.75, 3.05) is 0 Å². The van der Waals surface area contributed by atoms with Crippen LogP contribution in [0.4, 0.5) is 5.69 Å². The highest BCUT2D eigenvalue weighted by molar-refractivity contribution is 6.07. The van der Waals surface area contributed by atoms with Crippen LogP contribution in [0.2, 0.25) is 0 Å². The van der Waals surface area contributed by atoms with E-state index in [4.69, 9.17) is 0 Å². The van der Waals surface area contributed by atoms with Crippen LogP contribution < -0.4 is 5.32 Å². The summed E-state index contributed by atoms with van der Waals surface area (Å²) in [6.07, 6.45) is 0. The fraction of sp³-hybridized carbons (Fsp3) is 0.333. The largest absolute Gasteiger partial charge is 0.326 e. The number of benzene rings is 1. The summed E-state index contributed by atoms with van der Waals surface area (Å²) >= 11 is 0. The first-order valence-corrected chi connectivity index (χ1v) is 5.41. The van der Waals surface area contributed by atoms with Gasteiger partial charge in [-0.2, -0.15) is 0 Å². The number of guanidine groups is 1. The maximum Gasteiger partial charge on any atom is 0.249 e. The second-order valence-corrected chi connectivity index (χ2v) is 4.30. The summed E-state index contributed by atoms with van der Waals surface area (Å²) in [7, 11) is 0. The zero-order chi connectivity index (χ0) is 11.3. The molecule has 0 aromatic heterocycles. The molecule has 4 heteroatoms. The SMILES string of the molecule is Cc1cccc2c1CN1C(=N2)NC(=O)[C@H]1C. The first-order valence-electron chi connectivity index (χ1n) is 5.41. The first-order chi connectivity index (χ1) is 7.66. The summed E-state index contributed by atoms with van der Waals surface area (Å²) in [4.78, 5) is 18.0. The normalized spacial score (nSPS) is 22.4. The number of aryl methyl sites for hydroxylation is 1. The molecule has 0 bridgehead atoms. The highest BCUT2D eigenvalue weighted by atomic mass is 16.2. The molecule has 3 rings (SSSR count). The van der Waals surface area contributed by atoms with Crippen molar-refractivity contribution in [1.29, 1.82) is 0 Å². The van der Waals surface area contributed by atoms with Gasteiger partial charge in [-0.3, -0.25) is 10.1 Å². The zero-order valence-corrected chi connectivity index (χ0v) is 9.32. The van der Waals surface area contributed by atoms with Gasteiger partial charge in [-0.25, -0.2) is 4.99 Å². The number of nitrogens with one attached hydrogen (secondary N) is 1. The average molecular weight is 215 g/mol. The predicted molar refractivity (Wildman–Crippen MR) is 61.4 cm³/mol. The molecular weight excluding hydrogens is 202 g/mol. The number of aliphatic imine (C=N–C) groups is 1. The molecule has 1 saturated heterocycles. The van der Waals surface area contributed by atoms with Crippen molar-refractivity contribution in [2.24, 2.45) is 4.99 Å². The van der Waals surface area contributed by atoms with E-state index in [1.54, 1.807) is 0 Å². The van der Waals surface area contributed by atoms with E-state index in [9.17, 15) is 4.79 Å². The Morgan fingerprint density at radius 3 is 3.12 bits per heavy atom. The average Bonchev–Trinajstić information content (AvgIpc) is 2.53. The van der Waals surface area contributed by atoms with Crippen molar-refractivity contribution in [1.82, 2.24) is 10.2 Å². The van der Waals surface area contributed by atoms with Crippen molar-refractivity contribution in [3.63, 3.8) is 0 Å². The Hall–Kier alpha value is -1.84. The van der Waals surface area contributed by atoms with Gasteiger partial charge in [-0.05, 0) is 25.5 Å². The van der Waals surface area contributed by atoms with Crippen LogP contribution in [0.15, 0.2) is 23.2 Å². The van der Waals surface area contributed by atoms with Crippen LogP contribution in [0.1, 0.15) is 18.1 Å². The molecule has 0 saturated carbocycles. The Morgan fingerprint density at radius 1 is 1.50 bits per heavy atom. The summed E-state index contributed by atoms with van der Waals surface area (Å²) in [5.41, 5.74) is 3.42. The van der Waals surface area contributed by atoms with Crippen LogP contribution in [-0.4, -0.2) is 22.8 Å². The van der Waals surface area contributed by atoms with E-state index in [0.717, 1.165) is 12.2 Å². The van der Waals surface area contributed by atoms with Crippen LogP contribution >= 0.6 is 0 Å². The first kappa shape index (κ1) is 9.39. The standard InChI is InChI=1S/C12H13N3O/c1-7-4-3-5-10-9(7)6-15-8(2)11(16)14-12(15)13-10/h3-5,8H,6H2,1-2H3,(H,13,14,16)/t8-/m1/s1. The van der Waals surface area contributed by atoms with Crippen LogP contribution in [0.25, 0.3) is 0 Å². The van der Waals surface area contributed by atoms with Crippen LogP contribution in [0.3, 0.4) is 0 Å². The molecule has 1 N–H and O–H groups in total. The molecule has 1 atom stereocenters. The van der Waals surface area contributed by atoms with E-state index in [2.05, 4.69) is 23.3 Å². The molecule has 1 fully saturated rings. The van der Waals surface area contributed by atoms with Crippen molar-refractivity contribution >= 4 is 17.6 Å². The van der Waals surface area contributed by atoms with Gasteiger partial charge in [0.25, 0.3) is 0 Å². The lowest BCUT2D eigenvalue weighted by Gasteiger charge is -2.27. The molecule has 4 nitrogen and oxygen atoms in total. The Labute approximate surface area is 94.0 Å². The zero-order valence-electron chi connectivity index (χ0n) is 9.32. The fourth-order valence-corrected chi connectivity index (χ4v) is 2.20. The number of fused-ring (bicyclic) bond motifs is 2. The summed E-state index contributed by atoms with van der Waals surface area (Å²) in [5, 5.41) is 2.80. The minimum atomic E-state index is -0.119. The Morgan fingerprint density at radius 2 is 2.31 bits per heavy atom. The maximum absolute atomic E-state index is 11.5. The lowest BCUT2D eigenvalue weighted by Crippen LogP contribution is -2.35. The van der Waals surface area contributed by atoms with Crippen LogP contribution in [0, 0.1) is 6.92 Å². The lowest BCUT2D eigenvalue weighted by atomic mass is 10.0. The monoisotopic (exact) mass is 215 g/mol. The van der Waals surface area contributed by atoms with Crippen molar-refractivity contribution < 1.29 is 4.79 Å². The molecule has 16 heavy (non-hydrogen) atoms. The van der Waals surface area contributed by atoms with Gasteiger partial charge < -0.3 is 4.90 Å². The van der Waals surface area contributed by atoms with E-state index in [1.807, 2.05) is 24.0 Å². The van der Waals surface area contributed by atoms with Gasteiger partial charge in [0, 0.05) is 12.1 Å². The molecule has 2 aliphatic rings. The second kappa shape index (κ2) is 3.07. The molecule has 1 aromatic carbocycles. The molecule has 2 aliphatic heterocycles. The number of amides is 1. The van der Waals surface area contributed by atoms with Gasteiger partial charge >= 0.3 is 0 Å². The minimum Gasteiger partial charge on any atom is -0.326 e. The predicted octanol–water partition coefficient (Wildman–Crippen LogP) is 1.32. The number of nitrogens with zero attached hydrogens (tertiary/aromatic N) is 2. The molecule has 0 radical (unpaired) electrons. The van der Waals surface area contributed by atoms with Crippen molar-refractivity contribution in [3.8, 4) is 0 Å². The van der Waals surface area contributed by atoms with E-state index in [1.165, 1.54) is 11.1 Å².